The Morgan fingerprint density at radius 2 is 1.85 bits per heavy atom. The molecule has 0 spiro atoms. The summed E-state index contributed by atoms with van der Waals surface area (Å²) in [6, 6.07) is 6.27. The van der Waals surface area contributed by atoms with Crippen LogP contribution in [0.5, 0.6) is 0 Å². The number of alkyl halides is 3. The number of rotatable bonds is 3. The summed E-state index contributed by atoms with van der Waals surface area (Å²) in [5.41, 5.74) is -2.86. The molecular formula is C16H11BrF3N5O. The lowest BCUT2D eigenvalue weighted by molar-refractivity contribution is -0.137. The molecule has 2 rings (SSSR count). The summed E-state index contributed by atoms with van der Waals surface area (Å²) in [7, 11) is 0. The number of aromatic nitrogens is 2. The lowest BCUT2D eigenvalue weighted by Gasteiger charge is -2.24. The Bertz CT molecular complexity index is 950. The molecule has 1 heterocycles. The molecule has 0 fully saturated rings. The van der Waals surface area contributed by atoms with Crippen LogP contribution >= 0.6 is 15.9 Å². The average molecular weight is 426 g/mol. The number of hydrogen-bond donors (Lipinski definition) is 1. The van der Waals surface area contributed by atoms with Gasteiger partial charge < -0.3 is 5.32 Å². The number of amides is 1. The van der Waals surface area contributed by atoms with Crippen LogP contribution in [0.3, 0.4) is 0 Å². The molecule has 0 aliphatic carbocycles. The predicted octanol–water partition coefficient (Wildman–Crippen LogP) is 3.78. The Morgan fingerprint density at radius 3 is 2.35 bits per heavy atom. The Kier molecular flexibility index (Phi) is 5.10. The number of nitrogens with zero attached hydrogens (tertiary/aromatic N) is 4. The largest absolute Gasteiger partial charge is 0.417 e. The van der Waals surface area contributed by atoms with Crippen molar-refractivity contribution in [3.05, 3.63) is 45.7 Å². The zero-order chi connectivity index (χ0) is 19.7. The van der Waals surface area contributed by atoms with E-state index in [0.29, 0.717) is 6.07 Å². The first kappa shape index (κ1) is 19.5. The Labute approximate surface area is 155 Å². The van der Waals surface area contributed by atoms with E-state index in [0.717, 1.165) is 6.07 Å². The predicted molar refractivity (Wildman–Crippen MR) is 88.8 cm³/mol. The number of halogens is 4. The van der Waals surface area contributed by atoms with Gasteiger partial charge in [0.2, 0.25) is 0 Å². The van der Waals surface area contributed by atoms with Crippen LogP contribution in [-0.2, 0) is 16.5 Å². The van der Waals surface area contributed by atoms with Crippen LogP contribution in [0.1, 0.15) is 30.5 Å². The van der Waals surface area contributed by atoms with E-state index in [2.05, 4.69) is 26.3 Å². The molecule has 0 saturated heterocycles. The number of anilines is 1. The summed E-state index contributed by atoms with van der Waals surface area (Å²) in [4.78, 5) is 12.5. The Balaban J connectivity index is 2.34. The highest BCUT2D eigenvalue weighted by atomic mass is 79.9. The average Bonchev–Trinajstić information content (AvgIpc) is 2.95. The van der Waals surface area contributed by atoms with E-state index in [-0.39, 0.29) is 15.9 Å². The van der Waals surface area contributed by atoms with Crippen LogP contribution in [0, 0.1) is 22.7 Å². The van der Waals surface area contributed by atoms with Crippen molar-refractivity contribution in [2.75, 3.05) is 5.32 Å². The molecule has 0 bridgehead atoms. The number of carbonyl (C=O) groups is 1. The minimum Gasteiger partial charge on any atom is -0.324 e. The van der Waals surface area contributed by atoms with E-state index in [4.69, 9.17) is 10.5 Å². The van der Waals surface area contributed by atoms with Gasteiger partial charge in [0.05, 0.1) is 17.2 Å². The highest BCUT2D eigenvalue weighted by molar-refractivity contribution is 9.10. The second-order valence-electron chi connectivity index (χ2n) is 5.77. The van der Waals surface area contributed by atoms with Crippen LogP contribution in [-0.4, -0.2) is 15.7 Å². The van der Waals surface area contributed by atoms with E-state index in [9.17, 15) is 18.0 Å². The highest BCUT2D eigenvalue weighted by Crippen LogP contribution is 2.34. The quantitative estimate of drug-likeness (QED) is 0.809. The van der Waals surface area contributed by atoms with Gasteiger partial charge in [-0.05, 0) is 48.0 Å². The van der Waals surface area contributed by atoms with Crippen LogP contribution in [0.2, 0.25) is 0 Å². The SMILES string of the molecule is CC(C)(C(=O)Nc1ccc(C#N)c(C(F)(F)F)c1)n1cc(C#N)c(Br)n1. The van der Waals surface area contributed by atoms with Gasteiger partial charge in [0.1, 0.15) is 21.8 Å². The van der Waals surface area contributed by atoms with E-state index in [1.165, 1.54) is 36.9 Å². The smallest absolute Gasteiger partial charge is 0.324 e. The summed E-state index contributed by atoms with van der Waals surface area (Å²) in [5.74, 6) is -0.644. The lowest BCUT2D eigenvalue weighted by Crippen LogP contribution is -2.40. The first-order valence-electron chi connectivity index (χ1n) is 7.09. The summed E-state index contributed by atoms with van der Waals surface area (Å²) >= 11 is 3.09. The number of hydrogen-bond acceptors (Lipinski definition) is 4. The van der Waals surface area contributed by atoms with Crippen molar-refractivity contribution in [1.82, 2.24) is 9.78 Å². The molecule has 0 aliphatic rings. The molecule has 0 atom stereocenters. The molecule has 1 N–H and O–H groups in total. The van der Waals surface area contributed by atoms with Gasteiger partial charge in [0.25, 0.3) is 5.91 Å². The fourth-order valence-electron chi connectivity index (χ4n) is 2.06. The maximum Gasteiger partial charge on any atom is 0.417 e. The van der Waals surface area contributed by atoms with E-state index < -0.39 is 28.7 Å². The Morgan fingerprint density at radius 1 is 1.23 bits per heavy atom. The van der Waals surface area contributed by atoms with Crippen LogP contribution in [0.4, 0.5) is 18.9 Å². The molecule has 0 saturated carbocycles. The molecule has 0 unspecified atom stereocenters. The summed E-state index contributed by atoms with van der Waals surface area (Å²) in [5, 5.41) is 24.2. The molecule has 26 heavy (non-hydrogen) atoms. The van der Waals surface area contributed by atoms with Crippen molar-refractivity contribution < 1.29 is 18.0 Å². The zero-order valence-corrected chi connectivity index (χ0v) is 15.1. The lowest BCUT2D eigenvalue weighted by atomic mass is 10.0. The number of carbonyl (C=O) groups excluding carboxylic acids is 1. The summed E-state index contributed by atoms with van der Waals surface area (Å²) < 4.78 is 40.6. The third-order valence-electron chi connectivity index (χ3n) is 3.62. The number of nitriles is 2. The normalized spacial score (nSPS) is 11.5. The first-order chi connectivity index (χ1) is 12.0. The molecule has 1 amide bonds. The van der Waals surface area contributed by atoms with Gasteiger partial charge in [0.15, 0.2) is 0 Å². The first-order valence-corrected chi connectivity index (χ1v) is 7.88. The molecule has 0 aliphatic heterocycles. The summed E-state index contributed by atoms with van der Waals surface area (Å²) in [6.07, 6.45) is -3.38. The number of nitrogens with one attached hydrogen (secondary N) is 1. The number of benzene rings is 1. The molecule has 6 nitrogen and oxygen atoms in total. The van der Waals surface area contributed by atoms with Gasteiger partial charge in [-0.3, -0.25) is 9.48 Å². The van der Waals surface area contributed by atoms with Crippen molar-refractivity contribution in [3.8, 4) is 12.1 Å². The minimum absolute atomic E-state index is 0.110. The van der Waals surface area contributed by atoms with Gasteiger partial charge in [-0.15, -0.1) is 0 Å². The van der Waals surface area contributed by atoms with Crippen LogP contribution in [0.25, 0.3) is 0 Å². The van der Waals surface area contributed by atoms with Crippen molar-refractivity contribution >= 4 is 27.5 Å². The van der Waals surface area contributed by atoms with Gasteiger partial charge in [-0.25, -0.2) is 0 Å². The summed E-state index contributed by atoms with van der Waals surface area (Å²) in [6.45, 7) is 2.99. The standard InChI is InChI=1S/C16H11BrF3N5O/c1-15(2,25-8-10(7-22)13(17)24-25)14(26)23-11-4-3-9(6-21)12(5-11)16(18,19)20/h3-5,8H,1-2H3,(H,23,26). The molecule has 1 aromatic heterocycles. The fraction of sp³-hybridized carbons (Fsp3) is 0.250. The highest BCUT2D eigenvalue weighted by Gasteiger charge is 2.35. The van der Waals surface area contributed by atoms with Crippen molar-refractivity contribution in [2.45, 2.75) is 25.6 Å². The van der Waals surface area contributed by atoms with Gasteiger partial charge >= 0.3 is 6.18 Å². The zero-order valence-electron chi connectivity index (χ0n) is 13.5. The molecule has 0 radical (unpaired) electrons. The van der Waals surface area contributed by atoms with Crippen molar-refractivity contribution in [3.63, 3.8) is 0 Å². The molecular weight excluding hydrogens is 415 g/mol. The van der Waals surface area contributed by atoms with Crippen molar-refractivity contribution in [1.29, 1.82) is 10.5 Å². The monoisotopic (exact) mass is 425 g/mol. The van der Waals surface area contributed by atoms with E-state index in [1.807, 2.05) is 6.07 Å². The maximum atomic E-state index is 13.0. The van der Waals surface area contributed by atoms with Gasteiger partial charge in [0, 0.05) is 11.9 Å². The third-order valence-corrected chi connectivity index (χ3v) is 4.21. The Hall–Kier alpha value is -2.85. The molecule has 10 heteroatoms. The van der Waals surface area contributed by atoms with Crippen molar-refractivity contribution in [2.24, 2.45) is 0 Å². The molecule has 2 aromatic rings. The van der Waals surface area contributed by atoms with Crippen LogP contribution < -0.4 is 5.32 Å². The second kappa shape index (κ2) is 6.81. The van der Waals surface area contributed by atoms with E-state index >= 15 is 0 Å². The fourth-order valence-corrected chi connectivity index (χ4v) is 2.42. The minimum atomic E-state index is -4.73. The molecule has 134 valence electrons. The molecule has 1 aromatic carbocycles. The maximum absolute atomic E-state index is 13.0. The van der Waals surface area contributed by atoms with Gasteiger partial charge in [-0.2, -0.15) is 28.8 Å². The third kappa shape index (κ3) is 3.70. The van der Waals surface area contributed by atoms with Crippen LogP contribution in [0.15, 0.2) is 29.0 Å². The second-order valence-corrected chi connectivity index (χ2v) is 6.52. The van der Waals surface area contributed by atoms with Gasteiger partial charge in [-0.1, -0.05) is 0 Å². The topological polar surface area (TPSA) is 94.5 Å². The van der Waals surface area contributed by atoms with E-state index in [1.54, 1.807) is 0 Å².